The molecule has 134 valence electrons. The van der Waals surface area contributed by atoms with Crippen molar-refractivity contribution in [2.75, 3.05) is 19.8 Å². The molecule has 0 aromatic heterocycles. The van der Waals surface area contributed by atoms with Crippen LogP contribution in [0.5, 0.6) is 0 Å². The smallest absolute Gasteiger partial charge is 0.254 e. The average Bonchev–Trinajstić information content (AvgIpc) is 2.60. The number of hydrogen-bond acceptors (Lipinski definition) is 3. The Kier molecular flexibility index (Phi) is 7.50. The lowest BCUT2D eigenvalue weighted by atomic mass is 10.1. The third kappa shape index (κ3) is 6.25. The molecule has 2 rings (SSSR count). The van der Waals surface area contributed by atoms with Crippen LogP contribution in [-0.4, -0.2) is 25.7 Å². The van der Waals surface area contributed by atoms with E-state index in [1.54, 1.807) is 0 Å². The number of ether oxygens (including phenoxy) is 2. The summed E-state index contributed by atoms with van der Waals surface area (Å²) in [7, 11) is 0. The molecular weight excluding hydrogens is 328 g/mol. The Morgan fingerprint density at radius 1 is 1.04 bits per heavy atom. The van der Waals surface area contributed by atoms with Gasteiger partial charge in [0.2, 0.25) is 0 Å². The van der Waals surface area contributed by atoms with Crippen LogP contribution in [0.4, 0.5) is 8.78 Å². The van der Waals surface area contributed by atoms with Gasteiger partial charge in [0.25, 0.3) is 5.91 Å². The minimum atomic E-state index is -0.881. The SMILES string of the molecule is CCOCCOCc1cccc(CNC(=O)c2ccc(F)cc2F)c1. The number of hydrogen-bond donors (Lipinski definition) is 1. The summed E-state index contributed by atoms with van der Waals surface area (Å²) in [4.78, 5) is 12.0. The van der Waals surface area contributed by atoms with Gasteiger partial charge in [-0.3, -0.25) is 4.79 Å². The molecule has 0 bridgehead atoms. The van der Waals surface area contributed by atoms with E-state index >= 15 is 0 Å². The summed E-state index contributed by atoms with van der Waals surface area (Å²) in [5.41, 5.74) is 1.65. The monoisotopic (exact) mass is 349 g/mol. The second-order valence-corrected chi connectivity index (χ2v) is 5.38. The van der Waals surface area contributed by atoms with Crippen molar-refractivity contribution in [3.8, 4) is 0 Å². The molecule has 0 aliphatic heterocycles. The quantitative estimate of drug-likeness (QED) is 0.706. The van der Waals surface area contributed by atoms with Crippen molar-refractivity contribution in [1.29, 1.82) is 0 Å². The van der Waals surface area contributed by atoms with E-state index in [-0.39, 0.29) is 12.1 Å². The first kappa shape index (κ1) is 19.0. The summed E-state index contributed by atoms with van der Waals surface area (Å²) in [6.45, 7) is 4.33. The van der Waals surface area contributed by atoms with Gasteiger partial charge in [0.1, 0.15) is 11.6 Å². The number of amides is 1. The molecule has 0 saturated heterocycles. The topological polar surface area (TPSA) is 47.6 Å². The summed E-state index contributed by atoms with van der Waals surface area (Å²) in [5, 5.41) is 2.62. The molecule has 0 aliphatic carbocycles. The van der Waals surface area contributed by atoms with Crippen LogP contribution < -0.4 is 5.32 Å². The molecule has 0 radical (unpaired) electrons. The van der Waals surface area contributed by atoms with E-state index < -0.39 is 17.5 Å². The number of rotatable bonds is 9. The highest BCUT2D eigenvalue weighted by Gasteiger charge is 2.12. The van der Waals surface area contributed by atoms with Gasteiger partial charge in [0.05, 0.1) is 25.4 Å². The van der Waals surface area contributed by atoms with Gasteiger partial charge in [-0.1, -0.05) is 24.3 Å². The van der Waals surface area contributed by atoms with E-state index in [0.29, 0.717) is 32.5 Å². The van der Waals surface area contributed by atoms with Gasteiger partial charge in [-0.15, -0.1) is 0 Å². The zero-order valence-electron chi connectivity index (χ0n) is 14.1. The molecule has 1 amide bonds. The number of benzene rings is 2. The van der Waals surface area contributed by atoms with Gasteiger partial charge in [-0.25, -0.2) is 8.78 Å². The number of carbonyl (C=O) groups is 1. The molecule has 0 heterocycles. The summed E-state index contributed by atoms with van der Waals surface area (Å²) < 4.78 is 37.2. The summed E-state index contributed by atoms with van der Waals surface area (Å²) in [5.74, 6) is -2.18. The molecule has 0 spiro atoms. The highest BCUT2D eigenvalue weighted by Crippen LogP contribution is 2.11. The van der Waals surface area contributed by atoms with Gasteiger partial charge >= 0.3 is 0 Å². The van der Waals surface area contributed by atoms with Crippen molar-refractivity contribution in [3.63, 3.8) is 0 Å². The van der Waals surface area contributed by atoms with Gasteiger partial charge in [-0.05, 0) is 30.2 Å². The van der Waals surface area contributed by atoms with Crippen LogP contribution in [0.25, 0.3) is 0 Å². The Hall–Kier alpha value is -2.31. The van der Waals surface area contributed by atoms with Crippen LogP contribution in [0, 0.1) is 11.6 Å². The van der Waals surface area contributed by atoms with Crippen molar-refractivity contribution in [2.24, 2.45) is 0 Å². The Labute approximate surface area is 145 Å². The third-order valence-corrected chi connectivity index (χ3v) is 3.47. The molecule has 0 unspecified atom stereocenters. The van der Waals surface area contributed by atoms with Gasteiger partial charge in [0.15, 0.2) is 0 Å². The average molecular weight is 349 g/mol. The molecule has 6 heteroatoms. The van der Waals surface area contributed by atoms with E-state index in [9.17, 15) is 13.6 Å². The van der Waals surface area contributed by atoms with Crippen molar-refractivity contribution >= 4 is 5.91 Å². The maximum absolute atomic E-state index is 13.6. The van der Waals surface area contributed by atoms with Crippen LogP contribution in [0.2, 0.25) is 0 Å². The lowest BCUT2D eigenvalue weighted by Crippen LogP contribution is -2.24. The fraction of sp³-hybridized carbons (Fsp3) is 0.316. The summed E-state index contributed by atoms with van der Waals surface area (Å²) in [6.07, 6.45) is 0. The first-order chi connectivity index (χ1) is 12.1. The minimum Gasteiger partial charge on any atom is -0.379 e. The highest BCUT2D eigenvalue weighted by atomic mass is 19.1. The Morgan fingerprint density at radius 3 is 2.56 bits per heavy atom. The Balaban J connectivity index is 1.86. The number of nitrogens with one attached hydrogen (secondary N) is 1. The molecule has 0 atom stereocenters. The lowest BCUT2D eigenvalue weighted by Gasteiger charge is -2.09. The minimum absolute atomic E-state index is 0.184. The molecule has 25 heavy (non-hydrogen) atoms. The van der Waals surface area contributed by atoms with Crippen molar-refractivity contribution in [3.05, 3.63) is 70.8 Å². The molecule has 0 fully saturated rings. The first-order valence-electron chi connectivity index (χ1n) is 8.06. The normalized spacial score (nSPS) is 10.7. The van der Waals surface area contributed by atoms with Crippen molar-refractivity contribution in [2.45, 2.75) is 20.1 Å². The summed E-state index contributed by atoms with van der Waals surface area (Å²) >= 11 is 0. The van der Waals surface area contributed by atoms with Crippen LogP contribution in [-0.2, 0) is 22.6 Å². The highest BCUT2D eigenvalue weighted by molar-refractivity contribution is 5.94. The largest absolute Gasteiger partial charge is 0.379 e. The van der Waals surface area contributed by atoms with Crippen LogP contribution in [0.1, 0.15) is 28.4 Å². The van der Waals surface area contributed by atoms with Crippen LogP contribution in [0.15, 0.2) is 42.5 Å². The van der Waals surface area contributed by atoms with Gasteiger partial charge in [-0.2, -0.15) is 0 Å². The summed E-state index contributed by atoms with van der Waals surface area (Å²) in [6, 6.07) is 10.4. The molecule has 2 aromatic rings. The maximum Gasteiger partial charge on any atom is 0.254 e. The third-order valence-electron chi connectivity index (χ3n) is 3.47. The second kappa shape index (κ2) is 9.86. The molecule has 2 aromatic carbocycles. The second-order valence-electron chi connectivity index (χ2n) is 5.38. The maximum atomic E-state index is 13.6. The number of halogens is 2. The predicted molar refractivity (Wildman–Crippen MR) is 90.1 cm³/mol. The van der Waals surface area contributed by atoms with Crippen LogP contribution >= 0.6 is 0 Å². The van der Waals surface area contributed by atoms with Crippen molar-refractivity contribution < 1.29 is 23.0 Å². The number of carbonyl (C=O) groups excluding carboxylic acids is 1. The van der Waals surface area contributed by atoms with Gasteiger partial charge in [0, 0.05) is 19.2 Å². The van der Waals surface area contributed by atoms with Gasteiger partial charge < -0.3 is 14.8 Å². The Bertz CT molecular complexity index is 707. The molecular formula is C19H21F2NO3. The molecule has 4 nitrogen and oxygen atoms in total. The molecule has 1 N–H and O–H groups in total. The zero-order valence-corrected chi connectivity index (χ0v) is 14.1. The predicted octanol–water partition coefficient (Wildman–Crippen LogP) is 3.45. The van der Waals surface area contributed by atoms with Crippen LogP contribution in [0.3, 0.4) is 0 Å². The molecule has 0 saturated carbocycles. The first-order valence-corrected chi connectivity index (χ1v) is 8.06. The fourth-order valence-corrected chi connectivity index (χ4v) is 2.23. The van der Waals surface area contributed by atoms with E-state index in [0.717, 1.165) is 23.3 Å². The van der Waals surface area contributed by atoms with E-state index in [2.05, 4.69) is 5.32 Å². The molecule has 0 aliphatic rings. The zero-order chi connectivity index (χ0) is 18.1. The van der Waals surface area contributed by atoms with E-state index in [1.165, 1.54) is 0 Å². The van der Waals surface area contributed by atoms with E-state index in [4.69, 9.17) is 9.47 Å². The van der Waals surface area contributed by atoms with E-state index in [1.807, 2.05) is 31.2 Å². The standard InChI is InChI=1S/C19H21F2NO3/c1-2-24-8-9-25-13-15-5-3-4-14(10-15)12-22-19(23)17-7-6-16(20)11-18(17)21/h3-7,10-11H,2,8-9,12-13H2,1H3,(H,22,23). The van der Waals surface area contributed by atoms with Crippen molar-refractivity contribution in [1.82, 2.24) is 5.32 Å². The lowest BCUT2D eigenvalue weighted by molar-refractivity contribution is 0.0453. The Morgan fingerprint density at radius 2 is 1.80 bits per heavy atom. The fourth-order valence-electron chi connectivity index (χ4n) is 2.23.